The Morgan fingerprint density at radius 1 is 1.44 bits per heavy atom. The summed E-state index contributed by atoms with van der Waals surface area (Å²) in [5.74, 6) is -0.807. The van der Waals surface area contributed by atoms with Gasteiger partial charge in [0.1, 0.15) is 0 Å². The molecule has 16 heavy (non-hydrogen) atoms. The van der Waals surface area contributed by atoms with E-state index >= 15 is 0 Å². The molecule has 0 atom stereocenters. The van der Waals surface area contributed by atoms with Gasteiger partial charge in [-0.25, -0.2) is 0 Å². The van der Waals surface area contributed by atoms with Crippen LogP contribution in [0.5, 0.6) is 0 Å². The van der Waals surface area contributed by atoms with Gasteiger partial charge in [0.25, 0.3) is 0 Å². The van der Waals surface area contributed by atoms with Crippen LogP contribution in [0.15, 0.2) is 30.7 Å². The fourth-order valence-corrected chi connectivity index (χ4v) is 1.50. The molecule has 82 valence electrons. The minimum Gasteiger partial charge on any atom is -0.481 e. The molecule has 5 nitrogen and oxygen atoms in total. The summed E-state index contributed by atoms with van der Waals surface area (Å²) in [5.41, 5.74) is 2.66. The van der Waals surface area contributed by atoms with Crippen LogP contribution < -0.4 is 0 Å². The van der Waals surface area contributed by atoms with E-state index in [1.165, 1.54) is 0 Å². The van der Waals surface area contributed by atoms with E-state index in [2.05, 4.69) is 15.2 Å². The highest BCUT2D eigenvalue weighted by molar-refractivity contribution is 5.68. The number of aryl methyl sites for hydroxylation is 1. The van der Waals surface area contributed by atoms with Gasteiger partial charge in [0, 0.05) is 24.4 Å². The molecule has 0 radical (unpaired) electrons. The lowest BCUT2D eigenvalue weighted by atomic mass is 10.1. The molecule has 0 unspecified atom stereocenters. The van der Waals surface area contributed by atoms with Crippen molar-refractivity contribution in [3.63, 3.8) is 0 Å². The molecule has 0 fully saturated rings. The van der Waals surface area contributed by atoms with Crippen LogP contribution in [0.25, 0.3) is 11.3 Å². The molecular formula is C11H11N3O2. The average molecular weight is 217 g/mol. The standard InChI is InChI=1S/C11H11N3O2/c15-10(16)4-3-9-7-13-14-11(9)8-2-1-5-12-6-8/h1-2,5-7H,3-4H2,(H,13,14)(H,15,16). The smallest absolute Gasteiger partial charge is 0.303 e. The summed E-state index contributed by atoms with van der Waals surface area (Å²) in [7, 11) is 0. The van der Waals surface area contributed by atoms with E-state index in [0.29, 0.717) is 6.42 Å². The molecule has 2 aromatic heterocycles. The van der Waals surface area contributed by atoms with Crippen molar-refractivity contribution in [1.82, 2.24) is 15.2 Å². The molecule has 0 aliphatic rings. The highest BCUT2D eigenvalue weighted by atomic mass is 16.4. The zero-order valence-electron chi connectivity index (χ0n) is 8.55. The Morgan fingerprint density at radius 3 is 3.00 bits per heavy atom. The van der Waals surface area contributed by atoms with Gasteiger partial charge in [0.15, 0.2) is 0 Å². The number of pyridine rings is 1. The Labute approximate surface area is 92.2 Å². The quantitative estimate of drug-likeness (QED) is 0.813. The summed E-state index contributed by atoms with van der Waals surface area (Å²) in [4.78, 5) is 14.5. The van der Waals surface area contributed by atoms with E-state index in [0.717, 1.165) is 16.8 Å². The topological polar surface area (TPSA) is 78.9 Å². The van der Waals surface area contributed by atoms with Crippen molar-refractivity contribution in [2.45, 2.75) is 12.8 Å². The summed E-state index contributed by atoms with van der Waals surface area (Å²) in [6, 6.07) is 3.74. The number of H-pyrrole nitrogens is 1. The molecule has 0 aliphatic carbocycles. The number of carboxylic acid groups (broad SMARTS) is 1. The maximum absolute atomic E-state index is 10.5. The van der Waals surface area contributed by atoms with Gasteiger partial charge in [-0.1, -0.05) is 0 Å². The van der Waals surface area contributed by atoms with Crippen LogP contribution in [0.2, 0.25) is 0 Å². The second-order valence-corrected chi connectivity index (χ2v) is 3.41. The van der Waals surface area contributed by atoms with E-state index in [4.69, 9.17) is 5.11 Å². The minimum atomic E-state index is -0.807. The Balaban J connectivity index is 2.23. The first-order valence-corrected chi connectivity index (χ1v) is 4.92. The summed E-state index contributed by atoms with van der Waals surface area (Å²) in [5, 5.41) is 15.4. The van der Waals surface area contributed by atoms with Gasteiger partial charge in [0.05, 0.1) is 11.9 Å². The van der Waals surface area contributed by atoms with Crippen LogP contribution >= 0.6 is 0 Å². The number of hydrogen-bond donors (Lipinski definition) is 2. The van der Waals surface area contributed by atoms with Crippen LogP contribution in [-0.4, -0.2) is 26.3 Å². The van der Waals surface area contributed by atoms with Crippen molar-refractivity contribution < 1.29 is 9.90 Å². The molecule has 0 aliphatic heterocycles. The van der Waals surface area contributed by atoms with Crippen molar-refractivity contribution in [2.75, 3.05) is 0 Å². The largest absolute Gasteiger partial charge is 0.481 e. The first-order chi connectivity index (χ1) is 7.77. The molecular weight excluding hydrogens is 206 g/mol. The van der Waals surface area contributed by atoms with E-state index < -0.39 is 5.97 Å². The summed E-state index contributed by atoms with van der Waals surface area (Å²) in [6.45, 7) is 0. The van der Waals surface area contributed by atoms with Crippen molar-refractivity contribution >= 4 is 5.97 Å². The summed E-state index contributed by atoms with van der Waals surface area (Å²) < 4.78 is 0. The van der Waals surface area contributed by atoms with Crippen molar-refractivity contribution in [3.8, 4) is 11.3 Å². The summed E-state index contributed by atoms with van der Waals surface area (Å²) in [6.07, 6.45) is 5.64. The minimum absolute atomic E-state index is 0.104. The fourth-order valence-electron chi connectivity index (χ4n) is 1.50. The fraction of sp³-hybridized carbons (Fsp3) is 0.182. The maximum atomic E-state index is 10.5. The van der Waals surface area contributed by atoms with Crippen LogP contribution in [-0.2, 0) is 11.2 Å². The highest BCUT2D eigenvalue weighted by Crippen LogP contribution is 2.20. The Hall–Kier alpha value is -2.17. The second kappa shape index (κ2) is 4.57. The van der Waals surface area contributed by atoms with Gasteiger partial charge >= 0.3 is 5.97 Å². The second-order valence-electron chi connectivity index (χ2n) is 3.41. The Bertz CT molecular complexity index is 479. The highest BCUT2D eigenvalue weighted by Gasteiger charge is 2.08. The zero-order valence-corrected chi connectivity index (χ0v) is 8.55. The molecule has 0 saturated heterocycles. The monoisotopic (exact) mass is 217 g/mol. The van der Waals surface area contributed by atoms with Gasteiger partial charge in [-0.05, 0) is 24.1 Å². The lowest BCUT2D eigenvalue weighted by Crippen LogP contribution is -1.97. The number of rotatable bonds is 4. The number of carbonyl (C=O) groups is 1. The van der Waals surface area contributed by atoms with E-state index in [9.17, 15) is 4.79 Å². The number of aliphatic carboxylic acids is 1. The van der Waals surface area contributed by atoms with Crippen LogP contribution in [0.1, 0.15) is 12.0 Å². The van der Waals surface area contributed by atoms with Crippen molar-refractivity contribution in [1.29, 1.82) is 0 Å². The number of aromatic nitrogens is 3. The van der Waals surface area contributed by atoms with Crippen molar-refractivity contribution in [3.05, 3.63) is 36.3 Å². The third kappa shape index (κ3) is 2.25. The lowest BCUT2D eigenvalue weighted by molar-refractivity contribution is -0.136. The van der Waals surface area contributed by atoms with Gasteiger partial charge in [-0.3, -0.25) is 14.9 Å². The molecule has 0 bridgehead atoms. The SMILES string of the molecule is O=C(O)CCc1cn[nH]c1-c1cccnc1. The maximum Gasteiger partial charge on any atom is 0.303 e. The number of hydrogen-bond acceptors (Lipinski definition) is 3. The Morgan fingerprint density at radius 2 is 2.31 bits per heavy atom. The third-order valence-corrected chi connectivity index (χ3v) is 2.28. The Kier molecular flexibility index (Phi) is 2.95. The molecule has 5 heteroatoms. The van der Waals surface area contributed by atoms with Gasteiger partial charge < -0.3 is 5.11 Å². The predicted octanol–water partition coefficient (Wildman–Crippen LogP) is 1.49. The first kappa shape index (κ1) is 10.4. The first-order valence-electron chi connectivity index (χ1n) is 4.92. The van der Waals surface area contributed by atoms with Gasteiger partial charge in [-0.15, -0.1) is 0 Å². The van der Waals surface area contributed by atoms with Crippen LogP contribution in [0.4, 0.5) is 0 Å². The number of carboxylic acids is 1. The molecule has 2 rings (SSSR count). The van der Waals surface area contributed by atoms with Gasteiger partial charge in [-0.2, -0.15) is 5.10 Å². The summed E-state index contributed by atoms with van der Waals surface area (Å²) >= 11 is 0. The molecule has 0 amide bonds. The predicted molar refractivity (Wildman–Crippen MR) is 57.8 cm³/mol. The molecule has 2 heterocycles. The lowest BCUT2D eigenvalue weighted by Gasteiger charge is -2.00. The molecule has 2 aromatic rings. The van der Waals surface area contributed by atoms with Crippen LogP contribution in [0.3, 0.4) is 0 Å². The van der Waals surface area contributed by atoms with E-state index in [-0.39, 0.29) is 6.42 Å². The van der Waals surface area contributed by atoms with E-state index in [1.54, 1.807) is 18.6 Å². The van der Waals surface area contributed by atoms with E-state index in [1.807, 2.05) is 12.1 Å². The van der Waals surface area contributed by atoms with Crippen LogP contribution in [0, 0.1) is 0 Å². The molecule has 0 aromatic carbocycles. The molecule has 0 spiro atoms. The third-order valence-electron chi connectivity index (χ3n) is 2.28. The van der Waals surface area contributed by atoms with Crippen molar-refractivity contribution in [2.24, 2.45) is 0 Å². The van der Waals surface area contributed by atoms with Gasteiger partial charge in [0.2, 0.25) is 0 Å². The number of aromatic amines is 1. The number of nitrogens with one attached hydrogen (secondary N) is 1. The average Bonchev–Trinajstić information content (AvgIpc) is 2.75. The number of nitrogens with zero attached hydrogens (tertiary/aromatic N) is 2. The molecule has 0 saturated carbocycles. The normalized spacial score (nSPS) is 10.2. The zero-order chi connectivity index (χ0) is 11.4. The molecule has 2 N–H and O–H groups in total.